The van der Waals surface area contributed by atoms with Crippen LogP contribution in [0.2, 0.25) is 0 Å². The van der Waals surface area contributed by atoms with E-state index in [4.69, 9.17) is 5.73 Å². The molecule has 2 aromatic rings. The van der Waals surface area contributed by atoms with E-state index in [0.717, 1.165) is 12.2 Å². The van der Waals surface area contributed by atoms with Crippen LogP contribution < -0.4 is 5.73 Å². The van der Waals surface area contributed by atoms with E-state index >= 15 is 0 Å². The predicted molar refractivity (Wildman–Crippen MR) is 78.6 cm³/mol. The molecule has 1 unspecified atom stereocenters. The van der Waals surface area contributed by atoms with Gasteiger partial charge in [-0.05, 0) is 47.8 Å². The Morgan fingerprint density at radius 2 is 1.82 bits per heavy atom. The van der Waals surface area contributed by atoms with Gasteiger partial charge in [-0.3, -0.25) is 0 Å². The van der Waals surface area contributed by atoms with Gasteiger partial charge in [0.05, 0.1) is 0 Å². The summed E-state index contributed by atoms with van der Waals surface area (Å²) in [5.74, 6) is 1.12. The summed E-state index contributed by atoms with van der Waals surface area (Å²) in [5, 5.41) is 2.58. The average Bonchev–Trinajstić information content (AvgIpc) is 2.35. The third-order valence-corrected chi connectivity index (χ3v) is 3.72. The van der Waals surface area contributed by atoms with Crippen molar-refractivity contribution in [3.05, 3.63) is 47.5 Å². The third kappa shape index (κ3) is 3.02. The second-order valence-corrected chi connectivity index (χ2v) is 5.48. The van der Waals surface area contributed by atoms with E-state index in [1.807, 2.05) is 11.8 Å². The molecule has 17 heavy (non-hydrogen) atoms. The molecule has 0 saturated heterocycles. The molecule has 0 heterocycles. The third-order valence-electron chi connectivity index (χ3n) is 3.08. The molecule has 0 bridgehead atoms. The van der Waals surface area contributed by atoms with Crippen LogP contribution in [0.1, 0.15) is 23.6 Å². The van der Waals surface area contributed by atoms with Crippen LogP contribution >= 0.6 is 11.8 Å². The number of thioether (sulfide) groups is 1. The molecule has 0 saturated carbocycles. The summed E-state index contributed by atoms with van der Waals surface area (Å²) in [6, 6.07) is 13.3. The molecule has 1 atom stereocenters. The van der Waals surface area contributed by atoms with Crippen LogP contribution in [0.15, 0.2) is 36.4 Å². The van der Waals surface area contributed by atoms with Crippen LogP contribution in [0.4, 0.5) is 0 Å². The maximum absolute atomic E-state index is 6.19. The fourth-order valence-electron chi connectivity index (χ4n) is 2.03. The molecule has 0 fully saturated rings. The first-order valence-electron chi connectivity index (χ1n) is 5.95. The van der Waals surface area contributed by atoms with Crippen molar-refractivity contribution in [3.63, 3.8) is 0 Å². The first-order chi connectivity index (χ1) is 8.20. The summed E-state index contributed by atoms with van der Waals surface area (Å²) in [7, 11) is 0. The molecule has 0 aliphatic carbocycles. The first-order valence-corrected chi connectivity index (χ1v) is 7.35. The molecule has 0 amide bonds. The summed E-state index contributed by atoms with van der Waals surface area (Å²) in [6.45, 7) is 2.12. The van der Waals surface area contributed by atoms with Crippen molar-refractivity contribution in [1.29, 1.82) is 0 Å². The minimum absolute atomic E-state index is 0.160. The number of aryl methyl sites for hydroxylation is 1. The molecule has 2 rings (SSSR count). The lowest BCUT2D eigenvalue weighted by atomic mass is 10.00. The van der Waals surface area contributed by atoms with Crippen molar-refractivity contribution in [3.8, 4) is 0 Å². The maximum Gasteiger partial charge on any atom is 0.0302 e. The molecule has 0 radical (unpaired) electrons. The summed E-state index contributed by atoms with van der Waals surface area (Å²) in [4.78, 5) is 0. The number of hydrogen-bond donors (Lipinski definition) is 1. The number of fused-ring (bicyclic) bond motifs is 1. The fourth-order valence-corrected chi connectivity index (χ4v) is 2.52. The van der Waals surface area contributed by atoms with Crippen LogP contribution in [0, 0.1) is 6.92 Å². The normalized spacial score (nSPS) is 12.9. The number of rotatable bonds is 4. The lowest BCUT2D eigenvalue weighted by Gasteiger charge is -2.12. The quantitative estimate of drug-likeness (QED) is 0.884. The Bertz CT molecular complexity index is 507. The molecule has 0 aliphatic heterocycles. The van der Waals surface area contributed by atoms with E-state index < -0.39 is 0 Å². The van der Waals surface area contributed by atoms with E-state index in [0.29, 0.717) is 0 Å². The molecule has 0 aliphatic rings. The van der Waals surface area contributed by atoms with E-state index in [1.54, 1.807) is 0 Å². The predicted octanol–water partition coefficient (Wildman–Crippen LogP) is 3.90. The summed E-state index contributed by atoms with van der Waals surface area (Å²) >= 11 is 1.85. The Morgan fingerprint density at radius 1 is 1.12 bits per heavy atom. The molecule has 0 aromatic heterocycles. The molecule has 2 heteroatoms. The zero-order valence-electron chi connectivity index (χ0n) is 10.4. The minimum atomic E-state index is 0.160. The average molecular weight is 245 g/mol. The van der Waals surface area contributed by atoms with Crippen LogP contribution in [0.25, 0.3) is 10.8 Å². The fraction of sp³-hybridized carbons (Fsp3) is 0.333. The Kier molecular flexibility index (Phi) is 4.08. The lowest BCUT2D eigenvalue weighted by Crippen LogP contribution is -2.10. The molecule has 2 aromatic carbocycles. The van der Waals surface area contributed by atoms with Gasteiger partial charge in [0.25, 0.3) is 0 Å². The molecule has 0 spiro atoms. The van der Waals surface area contributed by atoms with Crippen molar-refractivity contribution in [1.82, 2.24) is 0 Å². The first kappa shape index (κ1) is 12.5. The van der Waals surface area contributed by atoms with Crippen LogP contribution in [0.3, 0.4) is 0 Å². The van der Waals surface area contributed by atoms with Gasteiger partial charge in [0, 0.05) is 6.04 Å². The van der Waals surface area contributed by atoms with Crippen LogP contribution in [-0.4, -0.2) is 12.0 Å². The molecular formula is C15H19NS. The SMILES string of the molecule is CSCCC(N)c1ccc2cc(C)ccc2c1. The standard InChI is InChI=1S/C15H19NS/c1-11-3-4-13-10-14(6-5-12(13)9-11)15(16)7-8-17-2/h3-6,9-10,15H,7-8,16H2,1-2H3. The zero-order valence-corrected chi connectivity index (χ0v) is 11.3. The topological polar surface area (TPSA) is 26.0 Å². The van der Waals surface area contributed by atoms with E-state index in [9.17, 15) is 0 Å². The highest BCUT2D eigenvalue weighted by atomic mass is 32.2. The van der Waals surface area contributed by atoms with Gasteiger partial charge < -0.3 is 5.73 Å². The summed E-state index contributed by atoms with van der Waals surface area (Å²) < 4.78 is 0. The van der Waals surface area contributed by atoms with Crippen molar-refractivity contribution < 1.29 is 0 Å². The smallest absolute Gasteiger partial charge is 0.0302 e. The molecule has 1 nitrogen and oxygen atoms in total. The van der Waals surface area contributed by atoms with Gasteiger partial charge in [0.1, 0.15) is 0 Å². The highest BCUT2D eigenvalue weighted by Gasteiger charge is 2.06. The zero-order chi connectivity index (χ0) is 12.3. The molecule has 2 N–H and O–H groups in total. The minimum Gasteiger partial charge on any atom is -0.324 e. The number of nitrogens with two attached hydrogens (primary N) is 1. The second kappa shape index (κ2) is 5.56. The Balaban J connectivity index is 2.28. The van der Waals surface area contributed by atoms with E-state index in [-0.39, 0.29) is 6.04 Å². The number of benzene rings is 2. The van der Waals surface area contributed by atoms with Gasteiger partial charge in [0.2, 0.25) is 0 Å². The van der Waals surface area contributed by atoms with Gasteiger partial charge in [-0.15, -0.1) is 0 Å². The maximum atomic E-state index is 6.19. The van der Waals surface area contributed by atoms with Crippen molar-refractivity contribution >= 4 is 22.5 Å². The highest BCUT2D eigenvalue weighted by Crippen LogP contribution is 2.22. The summed E-state index contributed by atoms with van der Waals surface area (Å²) in [6.07, 6.45) is 3.16. The van der Waals surface area contributed by atoms with Gasteiger partial charge in [-0.2, -0.15) is 11.8 Å². The van der Waals surface area contributed by atoms with Crippen LogP contribution in [-0.2, 0) is 0 Å². The van der Waals surface area contributed by atoms with Gasteiger partial charge in [0.15, 0.2) is 0 Å². The molecule has 90 valence electrons. The van der Waals surface area contributed by atoms with Crippen LogP contribution in [0.5, 0.6) is 0 Å². The monoisotopic (exact) mass is 245 g/mol. The summed E-state index contributed by atoms with van der Waals surface area (Å²) in [5.41, 5.74) is 8.74. The Hall–Kier alpha value is -0.990. The lowest BCUT2D eigenvalue weighted by molar-refractivity contribution is 0.707. The Labute approximate surface area is 107 Å². The van der Waals surface area contributed by atoms with Gasteiger partial charge in [-0.25, -0.2) is 0 Å². The highest BCUT2D eigenvalue weighted by molar-refractivity contribution is 7.98. The largest absolute Gasteiger partial charge is 0.324 e. The van der Waals surface area contributed by atoms with Crippen molar-refractivity contribution in [2.24, 2.45) is 5.73 Å². The second-order valence-electron chi connectivity index (χ2n) is 4.50. The number of hydrogen-bond acceptors (Lipinski definition) is 2. The van der Waals surface area contributed by atoms with Crippen molar-refractivity contribution in [2.75, 3.05) is 12.0 Å². The Morgan fingerprint density at radius 3 is 2.59 bits per heavy atom. The van der Waals surface area contributed by atoms with E-state index in [2.05, 4.69) is 49.6 Å². The van der Waals surface area contributed by atoms with Gasteiger partial charge >= 0.3 is 0 Å². The van der Waals surface area contributed by atoms with E-state index in [1.165, 1.54) is 21.9 Å². The van der Waals surface area contributed by atoms with Crippen molar-refractivity contribution in [2.45, 2.75) is 19.4 Å². The molecular weight excluding hydrogens is 226 g/mol. The van der Waals surface area contributed by atoms with Gasteiger partial charge in [-0.1, -0.05) is 35.9 Å².